The normalized spacial score (nSPS) is 37.3. The average Bonchev–Trinajstić information content (AvgIpc) is 2.35. The highest BCUT2D eigenvalue weighted by molar-refractivity contribution is 5.91. The SMILES string of the molecule is CC12C=CC(=O)N1COC2. The lowest BCUT2D eigenvalue weighted by molar-refractivity contribution is -0.127. The van der Waals surface area contributed by atoms with Gasteiger partial charge in [0, 0.05) is 6.08 Å². The Bertz CT molecular complexity index is 212. The fourth-order valence-corrected chi connectivity index (χ4v) is 1.36. The second kappa shape index (κ2) is 1.61. The number of rotatable bonds is 0. The first kappa shape index (κ1) is 5.92. The summed E-state index contributed by atoms with van der Waals surface area (Å²) in [4.78, 5) is 12.7. The predicted octanol–water partition coefficient (Wildman–Crippen LogP) is 0.131. The monoisotopic (exact) mass is 139 g/mol. The van der Waals surface area contributed by atoms with E-state index in [-0.39, 0.29) is 11.4 Å². The summed E-state index contributed by atoms with van der Waals surface area (Å²) in [6.07, 6.45) is 3.52. The van der Waals surface area contributed by atoms with Crippen LogP contribution >= 0.6 is 0 Å². The quantitative estimate of drug-likeness (QED) is 0.477. The van der Waals surface area contributed by atoms with E-state index in [9.17, 15) is 4.79 Å². The number of hydrogen-bond donors (Lipinski definition) is 0. The summed E-state index contributed by atoms with van der Waals surface area (Å²) in [6, 6.07) is 0. The molecule has 10 heavy (non-hydrogen) atoms. The summed E-state index contributed by atoms with van der Waals surface area (Å²) in [5, 5.41) is 0. The van der Waals surface area contributed by atoms with Gasteiger partial charge in [0.1, 0.15) is 6.73 Å². The van der Waals surface area contributed by atoms with Crippen LogP contribution in [-0.2, 0) is 9.53 Å². The van der Waals surface area contributed by atoms with Gasteiger partial charge in [-0.05, 0) is 6.92 Å². The minimum absolute atomic E-state index is 0.0694. The van der Waals surface area contributed by atoms with E-state index in [1.165, 1.54) is 0 Å². The zero-order valence-electron chi connectivity index (χ0n) is 5.83. The van der Waals surface area contributed by atoms with Crippen molar-refractivity contribution in [3.63, 3.8) is 0 Å². The molecule has 0 aromatic heterocycles. The lowest BCUT2D eigenvalue weighted by atomic mass is 10.1. The molecule has 0 N–H and O–H groups in total. The Morgan fingerprint density at radius 2 is 2.60 bits per heavy atom. The maximum absolute atomic E-state index is 11.0. The first-order valence-corrected chi connectivity index (χ1v) is 3.31. The third-order valence-electron chi connectivity index (χ3n) is 2.08. The van der Waals surface area contributed by atoms with Gasteiger partial charge >= 0.3 is 0 Å². The summed E-state index contributed by atoms with van der Waals surface area (Å²) in [5.74, 6) is 0.0694. The Labute approximate surface area is 59.3 Å². The number of amides is 1. The first-order chi connectivity index (χ1) is 4.72. The molecular weight excluding hydrogens is 130 g/mol. The third-order valence-corrected chi connectivity index (χ3v) is 2.08. The molecular formula is C7H9NO2. The molecule has 0 saturated carbocycles. The van der Waals surface area contributed by atoms with E-state index in [0.717, 1.165) is 0 Å². The minimum atomic E-state index is -0.142. The van der Waals surface area contributed by atoms with Crippen LogP contribution in [0.2, 0.25) is 0 Å². The zero-order valence-corrected chi connectivity index (χ0v) is 5.83. The predicted molar refractivity (Wildman–Crippen MR) is 35.2 cm³/mol. The number of fused-ring (bicyclic) bond motifs is 1. The second-order valence-electron chi connectivity index (χ2n) is 2.93. The van der Waals surface area contributed by atoms with Crippen LogP contribution in [-0.4, -0.2) is 29.7 Å². The molecule has 1 atom stereocenters. The van der Waals surface area contributed by atoms with Gasteiger partial charge in [-0.3, -0.25) is 4.79 Å². The van der Waals surface area contributed by atoms with Crippen LogP contribution in [0.5, 0.6) is 0 Å². The highest BCUT2D eigenvalue weighted by atomic mass is 16.5. The van der Waals surface area contributed by atoms with Crippen molar-refractivity contribution in [3.05, 3.63) is 12.2 Å². The molecule has 1 saturated heterocycles. The molecule has 0 aliphatic carbocycles. The largest absolute Gasteiger partial charge is 0.358 e. The zero-order chi connectivity index (χ0) is 7.19. The van der Waals surface area contributed by atoms with Crippen LogP contribution in [0.1, 0.15) is 6.92 Å². The summed E-state index contributed by atoms with van der Waals surface area (Å²) in [5.41, 5.74) is -0.142. The van der Waals surface area contributed by atoms with E-state index in [1.54, 1.807) is 11.0 Å². The molecule has 0 aromatic rings. The van der Waals surface area contributed by atoms with Crippen LogP contribution in [0.3, 0.4) is 0 Å². The van der Waals surface area contributed by atoms with E-state index >= 15 is 0 Å². The van der Waals surface area contributed by atoms with Crippen LogP contribution in [0.25, 0.3) is 0 Å². The minimum Gasteiger partial charge on any atom is -0.358 e. The molecule has 2 rings (SSSR count). The van der Waals surface area contributed by atoms with Crippen LogP contribution in [0.4, 0.5) is 0 Å². The highest BCUT2D eigenvalue weighted by Gasteiger charge is 2.41. The number of nitrogens with zero attached hydrogens (tertiary/aromatic N) is 1. The van der Waals surface area contributed by atoms with Gasteiger partial charge in [-0.1, -0.05) is 6.08 Å². The topological polar surface area (TPSA) is 29.5 Å². The standard InChI is InChI=1S/C7H9NO2/c1-7-3-2-6(9)8(7)5-10-4-7/h2-3H,4-5H2,1H3. The van der Waals surface area contributed by atoms with Gasteiger partial charge in [-0.2, -0.15) is 0 Å². The molecule has 0 aromatic carbocycles. The summed E-state index contributed by atoms with van der Waals surface area (Å²) in [6.45, 7) is 3.08. The van der Waals surface area contributed by atoms with Crippen LogP contribution in [0, 0.1) is 0 Å². The average molecular weight is 139 g/mol. The smallest absolute Gasteiger partial charge is 0.248 e. The van der Waals surface area contributed by atoms with Crippen molar-refractivity contribution in [2.45, 2.75) is 12.5 Å². The van der Waals surface area contributed by atoms with Crippen molar-refractivity contribution in [3.8, 4) is 0 Å². The lowest BCUT2D eigenvalue weighted by Crippen LogP contribution is -2.39. The fraction of sp³-hybridized carbons (Fsp3) is 0.571. The van der Waals surface area contributed by atoms with E-state index in [1.807, 2.05) is 13.0 Å². The van der Waals surface area contributed by atoms with Gasteiger partial charge in [0.15, 0.2) is 0 Å². The Morgan fingerprint density at radius 1 is 1.80 bits per heavy atom. The highest BCUT2D eigenvalue weighted by Crippen LogP contribution is 2.28. The Morgan fingerprint density at radius 3 is 3.30 bits per heavy atom. The Balaban J connectivity index is 2.35. The number of hydrogen-bond acceptors (Lipinski definition) is 2. The van der Waals surface area contributed by atoms with E-state index in [2.05, 4.69) is 0 Å². The molecule has 3 nitrogen and oxygen atoms in total. The third kappa shape index (κ3) is 0.555. The molecule has 2 heterocycles. The van der Waals surface area contributed by atoms with Crippen molar-refractivity contribution in [2.75, 3.05) is 13.3 Å². The van der Waals surface area contributed by atoms with Crippen molar-refractivity contribution >= 4 is 5.91 Å². The number of carbonyl (C=O) groups excluding carboxylic acids is 1. The molecule has 2 aliphatic rings. The summed E-state index contributed by atoms with van der Waals surface area (Å²) < 4.78 is 5.14. The summed E-state index contributed by atoms with van der Waals surface area (Å²) >= 11 is 0. The molecule has 0 bridgehead atoms. The van der Waals surface area contributed by atoms with Crippen LogP contribution < -0.4 is 0 Å². The van der Waals surface area contributed by atoms with Crippen molar-refractivity contribution in [1.29, 1.82) is 0 Å². The fourth-order valence-electron chi connectivity index (χ4n) is 1.36. The maximum atomic E-state index is 11.0. The van der Waals surface area contributed by atoms with Crippen molar-refractivity contribution < 1.29 is 9.53 Å². The molecule has 1 unspecified atom stereocenters. The Kier molecular flexibility index (Phi) is 0.951. The van der Waals surface area contributed by atoms with Gasteiger partial charge < -0.3 is 9.64 Å². The van der Waals surface area contributed by atoms with Crippen molar-refractivity contribution in [1.82, 2.24) is 4.90 Å². The van der Waals surface area contributed by atoms with Gasteiger partial charge in [-0.25, -0.2) is 0 Å². The number of carbonyl (C=O) groups is 1. The molecule has 3 heteroatoms. The van der Waals surface area contributed by atoms with E-state index in [4.69, 9.17) is 4.74 Å². The molecule has 54 valence electrons. The van der Waals surface area contributed by atoms with Gasteiger partial charge in [0.2, 0.25) is 5.91 Å². The molecule has 0 radical (unpaired) electrons. The van der Waals surface area contributed by atoms with Crippen LogP contribution in [0.15, 0.2) is 12.2 Å². The molecule has 1 fully saturated rings. The number of ether oxygens (including phenoxy) is 1. The molecule has 2 aliphatic heterocycles. The molecule has 0 spiro atoms. The Hall–Kier alpha value is -0.830. The van der Waals surface area contributed by atoms with E-state index < -0.39 is 0 Å². The lowest BCUT2D eigenvalue weighted by Gasteiger charge is -2.23. The van der Waals surface area contributed by atoms with E-state index in [0.29, 0.717) is 13.3 Å². The summed E-state index contributed by atoms with van der Waals surface area (Å²) in [7, 11) is 0. The van der Waals surface area contributed by atoms with Crippen molar-refractivity contribution in [2.24, 2.45) is 0 Å². The maximum Gasteiger partial charge on any atom is 0.248 e. The van der Waals surface area contributed by atoms with Gasteiger partial charge in [0.25, 0.3) is 0 Å². The van der Waals surface area contributed by atoms with Gasteiger partial charge in [0.05, 0.1) is 12.1 Å². The first-order valence-electron chi connectivity index (χ1n) is 3.31. The molecule has 1 amide bonds. The second-order valence-corrected chi connectivity index (χ2v) is 2.93. The van der Waals surface area contributed by atoms with Gasteiger partial charge in [-0.15, -0.1) is 0 Å².